The molecule has 0 bridgehead atoms. The van der Waals surface area contributed by atoms with Gasteiger partial charge in [0.2, 0.25) is 0 Å². The molecule has 3 nitrogen and oxygen atoms in total. The Kier molecular flexibility index (Phi) is 1.89. The molecule has 0 aliphatic carbocycles. The van der Waals surface area contributed by atoms with Crippen molar-refractivity contribution >= 4 is 0 Å². The minimum atomic E-state index is 0. The highest BCUT2D eigenvalue weighted by Gasteiger charge is 2.15. The summed E-state index contributed by atoms with van der Waals surface area (Å²) in [6, 6.07) is 0. The lowest BCUT2D eigenvalue weighted by Gasteiger charge is -2.17. The highest BCUT2D eigenvalue weighted by Crippen LogP contribution is 2.19. The van der Waals surface area contributed by atoms with Crippen LogP contribution in [0.2, 0.25) is 0 Å². The van der Waals surface area contributed by atoms with Crippen LogP contribution in [0.25, 0.3) is 0 Å². The number of fused-ring (bicyclic) bond motifs is 1. The van der Waals surface area contributed by atoms with Gasteiger partial charge in [-0.2, -0.15) is 5.10 Å². The second-order valence-corrected chi connectivity index (χ2v) is 3.60. The van der Waals surface area contributed by atoms with Crippen molar-refractivity contribution in [2.75, 3.05) is 6.54 Å². The molecule has 1 aliphatic rings. The van der Waals surface area contributed by atoms with Gasteiger partial charge in [0.25, 0.3) is 0 Å². The summed E-state index contributed by atoms with van der Waals surface area (Å²) in [6.45, 7) is 7.47. The molecule has 1 N–H and O–H groups in total. The highest BCUT2D eigenvalue weighted by atomic mass is 15.3. The molecule has 1 aromatic heterocycles. The summed E-state index contributed by atoms with van der Waals surface area (Å²) < 4.78 is 2.12. The number of nitrogens with one attached hydrogen (secondary N) is 1. The van der Waals surface area contributed by atoms with Crippen LogP contribution in [0, 0.1) is 0 Å². The number of nitrogens with zero attached hydrogens (tertiary/aromatic N) is 2. The lowest BCUT2D eigenvalue weighted by molar-refractivity contribution is 0.472. The fourth-order valence-corrected chi connectivity index (χ4v) is 1.69. The van der Waals surface area contributed by atoms with Crippen LogP contribution in [0.5, 0.6) is 0 Å². The summed E-state index contributed by atoms with van der Waals surface area (Å²) in [7, 11) is 0. The van der Waals surface area contributed by atoms with E-state index >= 15 is 0 Å². The molecule has 0 saturated heterocycles. The summed E-state index contributed by atoms with van der Waals surface area (Å²) in [5.74, 6) is 0.591. The second-order valence-electron chi connectivity index (χ2n) is 3.60. The molecule has 0 unspecified atom stereocenters. The van der Waals surface area contributed by atoms with Crippen LogP contribution in [0.3, 0.4) is 0 Å². The van der Waals surface area contributed by atoms with Crippen molar-refractivity contribution in [2.45, 2.75) is 32.9 Å². The fraction of sp³-hybridized carbons (Fsp3) is 0.667. The third kappa shape index (κ3) is 1.14. The van der Waals surface area contributed by atoms with Gasteiger partial charge in [-0.15, -0.1) is 0 Å². The van der Waals surface area contributed by atoms with Crippen LogP contribution in [-0.4, -0.2) is 16.3 Å². The standard InChI is InChI=1S/C9H15N3.H2/c1-7(2)8-5-11-12-4-3-10-6-9(8)12;/h5,7,10H,3-4,6H2,1-2H3;1H. The zero-order valence-corrected chi connectivity index (χ0v) is 7.67. The molecule has 0 spiro atoms. The maximum Gasteiger partial charge on any atom is 0.0557 e. The Morgan fingerprint density at radius 2 is 2.50 bits per heavy atom. The minimum absolute atomic E-state index is 0. The van der Waals surface area contributed by atoms with Crippen molar-refractivity contribution in [3.8, 4) is 0 Å². The molecule has 3 heteroatoms. The van der Waals surface area contributed by atoms with E-state index in [1.165, 1.54) is 11.3 Å². The van der Waals surface area contributed by atoms with Crippen LogP contribution in [0.15, 0.2) is 6.20 Å². The molecule has 0 amide bonds. The Labute approximate surface area is 74.3 Å². The third-order valence-electron chi connectivity index (χ3n) is 2.40. The number of rotatable bonds is 1. The molecule has 1 aromatic rings. The number of hydrogen-bond donors (Lipinski definition) is 1. The fourth-order valence-electron chi connectivity index (χ4n) is 1.69. The summed E-state index contributed by atoms with van der Waals surface area (Å²) >= 11 is 0. The zero-order valence-electron chi connectivity index (χ0n) is 7.67. The largest absolute Gasteiger partial charge is 0.309 e. The molecule has 2 rings (SSSR count). The van der Waals surface area contributed by atoms with Crippen LogP contribution in [0.4, 0.5) is 0 Å². The number of aromatic nitrogens is 2. The van der Waals surface area contributed by atoms with Gasteiger partial charge in [-0.3, -0.25) is 4.68 Å². The summed E-state index contributed by atoms with van der Waals surface area (Å²) in [5.41, 5.74) is 2.76. The Bertz CT molecular complexity index is 280. The summed E-state index contributed by atoms with van der Waals surface area (Å²) in [5, 5.41) is 7.72. The van der Waals surface area contributed by atoms with Gasteiger partial charge in [0, 0.05) is 14.5 Å². The van der Waals surface area contributed by atoms with Gasteiger partial charge < -0.3 is 5.32 Å². The van der Waals surface area contributed by atoms with E-state index in [2.05, 4.69) is 28.9 Å². The van der Waals surface area contributed by atoms with E-state index in [1.54, 1.807) is 0 Å². The Morgan fingerprint density at radius 3 is 3.25 bits per heavy atom. The minimum Gasteiger partial charge on any atom is -0.309 e. The molecule has 0 aromatic carbocycles. The van der Waals surface area contributed by atoms with Crippen molar-refractivity contribution in [3.63, 3.8) is 0 Å². The van der Waals surface area contributed by atoms with Gasteiger partial charge in [0.05, 0.1) is 18.4 Å². The first-order valence-electron chi connectivity index (χ1n) is 4.54. The van der Waals surface area contributed by atoms with Gasteiger partial charge >= 0.3 is 0 Å². The molecule has 68 valence electrons. The van der Waals surface area contributed by atoms with Gasteiger partial charge in [-0.05, 0) is 11.5 Å². The van der Waals surface area contributed by atoms with Crippen LogP contribution in [-0.2, 0) is 13.1 Å². The van der Waals surface area contributed by atoms with Gasteiger partial charge in [0.15, 0.2) is 0 Å². The molecular weight excluding hydrogens is 150 g/mol. The van der Waals surface area contributed by atoms with E-state index in [1.807, 2.05) is 6.20 Å². The van der Waals surface area contributed by atoms with E-state index in [0.29, 0.717) is 5.92 Å². The van der Waals surface area contributed by atoms with Crippen molar-refractivity contribution in [1.82, 2.24) is 15.1 Å². The molecule has 0 atom stereocenters. The first-order valence-corrected chi connectivity index (χ1v) is 4.54. The molecule has 0 saturated carbocycles. The van der Waals surface area contributed by atoms with Crippen LogP contribution < -0.4 is 5.32 Å². The Morgan fingerprint density at radius 1 is 1.67 bits per heavy atom. The first kappa shape index (κ1) is 7.80. The topological polar surface area (TPSA) is 29.9 Å². The van der Waals surface area contributed by atoms with Gasteiger partial charge in [-0.25, -0.2) is 0 Å². The maximum absolute atomic E-state index is 4.35. The quantitative estimate of drug-likeness (QED) is 0.684. The van der Waals surface area contributed by atoms with Crippen LogP contribution >= 0.6 is 0 Å². The lowest BCUT2D eigenvalue weighted by atomic mass is 10.0. The predicted octanol–water partition coefficient (Wildman–Crippen LogP) is 1.36. The molecular formula is C9H17N3. The van der Waals surface area contributed by atoms with Crippen molar-refractivity contribution in [1.29, 1.82) is 0 Å². The Balaban J connectivity index is 0.000000845. The van der Waals surface area contributed by atoms with E-state index < -0.39 is 0 Å². The van der Waals surface area contributed by atoms with Gasteiger partial charge in [0.1, 0.15) is 0 Å². The normalized spacial score (nSPS) is 16.6. The zero-order chi connectivity index (χ0) is 8.55. The van der Waals surface area contributed by atoms with Crippen molar-refractivity contribution in [2.24, 2.45) is 0 Å². The first-order chi connectivity index (χ1) is 5.79. The van der Waals surface area contributed by atoms with E-state index in [0.717, 1.165) is 19.6 Å². The van der Waals surface area contributed by atoms with Gasteiger partial charge in [-0.1, -0.05) is 13.8 Å². The second kappa shape index (κ2) is 2.90. The maximum atomic E-state index is 4.35. The van der Waals surface area contributed by atoms with E-state index in [-0.39, 0.29) is 1.43 Å². The molecule has 1 aliphatic heterocycles. The lowest BCUT2D eigenvalue weighted by Crippen LogP contribution is -2.29. The predicted molar refractivity (Wildman–Crippen MR) is 50.1 cm³/mol. The SMILES string of the molecule is CC(C)c1cnn2c1CNCC2.[HH]. The molecule has 12 heavy (non-hydrogen) atoms. The van der Waals surface area contributed by atoms with E-state index in [9.17, 15) is 0 Å². The van der Waals surface area contributed by atoms with E-state index in [4.69, 9.17) is 0 Å². The average Bonchev–Trinajstić information content (AvgIpc) is 2.47. The number of hydrogen-bond acceptors (Lipinski definition) is 2. The van der Waals surface area contributed by atoms with Crippen LogP contribution in [0.1, 0.15) is 32.4 Å². The summed E-state index contributed by atoms with van der Waals surface area (Å²) in [6.07, 6.45) is 2.01. The van der Waals surface area contributed by atoms with Crippen molar-refractivity contribution in [3.05, 3.63) is 17.5 Å². The highest BCUT2D eigenvalue weighted by molar-refractivity contribution is 5.22. The average molecular weight is 167 g/mol. The molecule has 0 radical (unpaired) electrons. The monoisotopic (exact) mass is 167 g/mol. The third-order valence-corrected chi connectivity index (χ3v) is 2.40. The smallest absolute Gasteiger partial charge is 0.0557 e. The molecule has 2 heterocycles. The summed E-state index contributed by atoms with van der Waals surface area (Å²) in [4.78, 5) is 0. The molecule has 0 fully saturated rings. The Hall–Kier alpha value is -0.830. The van der Waals surface area contributed by atoms with Crippen molar-refractivity contribution < 1.29 is 1.43 Å².